The molecule has 0 bridgehead atoms. The second-order valence-corrected chi connectivity index (χ2v) is 9.34. The van der Waals surface area contributed by atoms with Crippen LogP contribution in [0.1, 0.15) is 10.4 Å². The average Bonchev–Trinajstić information content (AvgIpc) is 3.33. The summed E-state index contributed by atoms with van der Waals surface area (Å²) >= 11 is 2.72. The van der Waals surface area contributed by atoms with E-state index < -0.39 is 28.2 Å². The Balaban J connectivity index is 1.41. The molecule has 2 atom stereocenters. The van der Waals surface area contributed by atoms with E-state index in [9.17, 15) is 29.3 Å². The van der Waals surface area contributed by atoms with E-state index in [-0.39, 0.29) is 41.6 Å². The van der Waals surface area contributed by atoms with Crippen molar-refractivity contribution >= 4 is 52.9 Å². The minimum Gasteiger partial charge on any atom is -0.456 e. The number of carbonyl (C=O) groups is 4. The number of nitro groups is 1. The molecule has 0 unspecified atom stereocenters. The number of ether oxygens (including phenoxy) is 1. The minimum atomic E-state index is -0.850. The van der Waals surface area contributed by atoms with Crippen molar-refractivity contribution in [1.29, 1.82) is 0 Å². The van der Waals surface area contributed by atoms with Crippen LogP contribution in [-0.2, 0) is 36.9 Å². The number of aldehydes is 1. The number of fused-ring (bicyclic) bond motifs is 1. The van der Waals surface area contributed by atoms with Crippen LogP contribution in [0.5, 0.6) is 0 Å². The van der Waals surface area contributed by atoms with Crippen LogP contribution in [-0.4, -0.2) is 51.1 Å². The second kappa shape index (κ2) is 9.55. The number of nitrogens with zero attached hydrogens (tertiary/aromatic N) is 2. The van der Waals surface area contributed by atoms with Gasteiger partial charge in [0.15, 0.2) is 0 Å². The third-order valence-corrected chi connectivity index (χ3v) is 7.26. The summed E-state index contributed by atoms with van der Waals surface area (Å²) in [5.41, 5.74) is 0.408. The number of non-ortho nitro benzene ring substituents is 1. The van der Waals surface area contributed by atoms with Gasteiger partial charge in [0.25, 0.3) is 11.6 Å². The molecule has 1 fully saturated rings. The lowest BCUT2D eigenvalue weighted by molar-refractivity contribution is -0.384. The zero-order valence-electron chi connectivity index (χ0n) is 17.0. The molecule has 1 saturated heterocycles. The number of hydrogen-bond donors (Lipinski definition) is 1. The number of nitro benzene ring substituents is 1. The normalized spacial score (nSPS) is 19.4. The van der Waals surface area contributed by atoms with Crippen molar-refractivity contribution in [3.05, 3.63) is 73.6 Å². The van der Waals surface area contributed by atoms with Crippen molar-refractivity contribution in [3.63, 3.8) is 0 Å². The highest BCUT2D eigenvalue weighted by Crippen LogP contribution is 2.40. The van der Waals surface area contributed by atoms with Gasteiger partial charge >= 0.3 is 5.97 Å². The molecule has 1 N–H and O–H groups in total. The first-order valence-electron chi connectivity index (χ1n) is 9.74. The fraction of sp³-hybridized carbons (Fsp3) is 0.238. The summed E-state index contributed by atoms with van der Waals surface area (Å²) in [7, 11) is 0. The zero-order valence-corrected chi connectivity index (χ0v) is 18.6. The Bertz CT molecular complexity index is 1150. The molecule has 2 aromatic rings. The maximum Gasteiger partial charge on any atom is 0.355 e. The van der Waals surface area contributed by atoms with E-state index in [1.807, 2.05) is 17.5 Å². The number of amides is 2. The quantitative estimate of drug-likeness (QED) is 0.196. The molecule has 0 saturated carbocycles. The van der Waals surface area contributed by atoms with Gasteiger partial charge in [0.1, 0.15) is 30.0 Å². The Hall–Kier alpha value is -3.51. The first-order chi connectivity index (χ1) is 15.9. The van der Waals surface area contributed by atoms with Gasteiger partial charge in [-0.15, -0.1) is 23.1 Å². The van der Waals surface area contributed by atoms with Crippen molar-refractivity contribution in [2.45, 2.75) is 24.4 Å². The van der Waals surface area contributed by atoms with Gasteiger partial charge in [-0.25, -0.2) is 4.79 Å². The SMILES string of the molecule is O=CC1=C(C(=O)OCc2ccc([N+](=O)[O-])cc2)N2C(=O)[C@@H](NC(=O)Cc3cccs3)[C@@H]2SC1. The molecule has 3 heterocycles. The van der Waals surface area contributed by atoms with E-state index in [2.05, 4.69) is 5.32 Å². The topological polar surface area (TPSA) is 136 Å². The summed E-state index contributed by atoms with van der Waals surface area (Å²) in [5, 5.41) is 14.8. The van der Waals surface area contributed by atoms with E-state index in [4.69, 9.17) is 4.74 Å². The number of thiophene rings is 1. The third-order valence-electron chi connectivity index (χ3n) is 5.08. The number of thioether (sulfide) groups is 1. The second-order valence-electron chi connectivity index (χ2n) is 7.20. The first-order valence-corrected chi connectivity index (χ1v) is 11.7. The number of β-lactam (4-membered cyclic amide) rings is 1. The third kappa shape index (κ3) is 4.66. The molecule has 0 aliphatic carbocycles. The molecule has 0 spiro atoms. The Kier molecular flexibility index (Phi) is 6.56. The standard InChI is InChI=1S/C21H17N3O7S2/c25-9-13-11-33-20-17(22-16(26)8-15-2-1-7-32-15)19(27)23(20)18(13)21(28)31-10-12-3-5-14(6-4-12)24(29)30/h1-7,9,17,20H,8,10-11H2,(H,22,26)/t17-,20+/m1/s1. The molecule has 2 aliphatic heterocycles. The summed E-state index contributed by atoms with van der Waals surface area (Å²) in [6.45, 7) is -0.187. The van der Waals surface area contributed by atoms with Gasteiger partial charge in [-0.3, -0.25) is 29.4 Å². The molecule has 1 aromatic carbocycles. The van der Waals surface area contributed by atoms with Crippen LogP contribution in [0.25, 0.3) is 0 Å². The van der Waals surface area contributed by atoms with Gasteiger partial charge in [0.2, 0.25) is 5.91 Å². The minimum absolute atomic E-state index is 0.0958. The van der Waals surface area contributed by atoms with Crippen molar-refractivity contribution in [2.75, 3.05) is 5.75 Å². The number of hydrogen-bond acceptors (Lipinski definition) is 9. The molecule has 170 valence electrons. The highest BCUT2D eigenvalue weighted by atomic mass is 32.2. The maximum absolute atomic E-state index is 12.8. The molecule has 12 heteroatoms. The summed E-state index contributed by atoms with van der Waals surface area (Å²) in [5.74, 6) is -1.45. The van der Waals surface area contributed by atoms with Crippen LogP contribution >= 0.6 is 23.1 Å². The lowest BCUT2D eigenvalue weighted by atomic mass is 10.0. The van der Waals surface area contributed by atoms with Crippen LogP contribution in [0.3, 0.4) is 0 Å². The number of rotatable bonds is 8. The van der Waals surface area contributed by atoms with Gasteiger partial charge < -0.3 is 10.1 Å². The summed E-state index contributed by atoms with van der Waals surface area (Å²) in [4.78, 5) is 61.6. The molecule has 2 amide bonds. The monoisotopic (exact) mass is 487 g/mol. The molecule has 4 rings (SSSR count). The molecule has 0 radical (unpaired) electrons. The molecular formula is C21H17N3O7S2. The molecular weight excluding hydrogens is 470 g/mol. The lowest BCUT2D eigenvalue weighted by Gasteiger charge is -2.49. The molecule has 1 aromatic heterocycles. The summed E-state index contributed by atoms with van der Waals surface area (Å²) in [6.07, 6.45) is 0.667. The zero-order chi connectivity index (χ0) is 23.5. The number of nitrogens with one attached hydrogen (secondary N) is 1. The highest BCUT2D eigenvalue weighted by Gasteiger charge is 2.54. The van der Waals surface area contributed by atoms with Crippen molar-refractivity contribution < 1.29 is 28.8 Å². The van der Waals surface area contributed by atoms with Gasteiger partial charge in [0, 0.05) is 28.3 Å². The molecule has 10 nitrogen and oxygen atoms in total. The van der Waals surface area contributed by atoms with E-state index in [1.165, 1.54) is 52.3 Å². The lowest BCUT2D eigenvalue weighted by Crippen LogP contribution is -2.70. The largest absolute Gasteiger partial charge is 0.456 e. The molecule has 33 heavy (non-hydrogen) atoms. The van der Waals surface area contributed by atoms with Gasteiger partial charge in [0.05, 0.1) is 11.3 Å². The fourth-order valence-corrected chi connectivity index (χ4v) is 5.44. The van der Waals surface area contributed by atoms with Crippen LogP contribution in [0, 0.1) is 10.1 Å². The van der Waals surface area contributed by atoms with Crippen LogP contribution in [0.15, 0.2) is 53.0 Å². The Morgan fingerprint density at radius 2 is 2.03 bits per heavy atom. The van der Waals surface area contributed by atoms with E-state index in [0.29, 0.717) is 11.8 Å². The van der Waals surface area contributed by atoms with Crippen molar-refractivity contribution in [3.8, 4) is 0 Å². The Morgan fingerprint density at radius 3 is 2.67 bits per heavy atom. The van der Waals surface area contributed by atoms with Crippen molar-refractivity contribution in [2.24, 2.45) is 0 Å². The Labute approximate surface area is 195 Å². The average molecular weight is 488 g/mol. The Morgan fingerprint density at radius 1 is 1.27 bits per heavy atom. The number of esters is 1. The van der Waals surface area contributed by atoms with E-state index in [0.717, 1.165) is 4.88 Å². The van der Waals surface area contributed by atoms with E-state index in [1.54, 1.807) is 0 Å². The number of carbonyl (C=O) groups excluding carboxylic acids is 4. The number of benzene rings is 1. The smallest absolute Gasteiger partial charge is 0.355 e. The van der Waals surface area contributed by atoms with Crippen LogP contribution in [0.4, 0.5) is 5.69 Å². The maximum atomic E-state index is 12.8. The van der Waals surface area contributed by atoms with Gasteiger partial charge in [-0.2, -0.15) is 0 Å². The van der Waals surface area contributed by atoms with Crippen molar-refractivity contribution in [1.82, 2.24) is 10.2 Å². The van der Waals surface area contributed by atoms with E-state index >= 15 is 0 Å². The summed E-state index contributed by atoms with van der Waals surface area (Å²) in [6, 6.07) is 8.34. The first kappa shape index (κ1) is 22.7. The van der Waals surface area contributed by atoms with Crippen LogP contribution < -0.4 is 5.32 Å². The molecule has 2 aliphatic rings. The fourth-order valence-electron chi connectivity index (χ4n) is 3.45. The highest BCUT2D eigenvalue weighted by molar-refractivity contribution is 8.00. The van der Waals surface area contributed by atoms with Gasteiger partial charge in [-0.05, 0) is 29.1 Å². The summed E-state index contributed by atoms with van der Waals surface area (Å²) < 4.78 is 5.27. The predicted molar refractivity (Wildman–Crippen MR) is 119 cm³/mol. The van der Waals surface area contributed by atoms with Crippen LogP contribution in [0.2, 0.25) is 0 Å². The van der Waals surface area contributed by atoms with Gasteiger partial charge in [-0.1, -0.05) is 6.07 Å². The predicted octanol–water partition coefficient (Wildman–Crippen LogP) is 1.80.